The van der Waals surface area contributed by atoms with Gasteiger partial charge in [-0.05, 0) is 33.1 Å². The third kappa shape index (κ3) is 4.45. The van der Waals surface area contributed by atoms with E-state index in [1.165, 1.54) is 0 Å². The predicted octanol–water partition coefficient (Wildman–Crippen LogP) is 1.46. The maximum absolute atomic E-state index is 10.1. The first-order valence-electron chi connectivity index (χ1n) is 7.27. The zero-order valence-corrected chi connectivity index (χ0v) is 13.1. The van der Waals surface area contributed by atoms with Crippen molar-refractivity contribution in [3.8, 4) is 0 Å². The lowest BCUT2D eigenvalue weighted by molar-refractivity contribution is -0.0236. The standard InChI is InChI=1S/C14H24N4OS/c1-3-15-13(17-10-14(19)6-4-7-14)16-8-5-12-9-20-11(2)18-12/h9,19H,3-8,10H2,1-2H3,(H2,15,16,17). The van der Waals surface area contributed by atoms with Crippen LogP contribution >= 0.6 is 11.3 Å². The molecule has 3 N–H and O–H groups in total. The smallest absolute Gasteiger partial charge is 0.191 e. The second kappa shape index (κ2) is 7.04. The van der Waals surface area contributed by atoms with Crippen molar-refractivity contribution < 1.29 is 5.11 Å². The number of nitrogens with zero attached hydrogens (tertiary/aromatic N) is 2. The Balaban J connectivity index is 1.77. The number of hydrogen-bond donors (Lipinski definition) is 3. The molecule has 0 unspecified atom stereocenters. The zero-order chi connectivity index (χ0) is 14.4. The molecule has 0 atom stereocenters. The Morgan fingerprint density at radius 2 is 2.30 bits per heavy atom. The lowest BCUT2D eigenvalue weighted by Gasteiger charge is -2.35. The minimum absolute atomic E-state index is 0.484. The van der Waals surface area contributed by atoms with Crippen molar-refractivity contribution in [3.63, 3.8) is 0 Å². The Bertz CT molecular complexity index is 454. The van der Waals surface area contributed by atoms with E-state index in [0.717, 1.165) is 55.4 Å². The molecule has 0 spiro atoms. The highest BCUT2D eigenvalue weighted by atomic mass is 32.1. The Hall–Kier alpha value is -1.14. The number of aliphatic imine (C=N–C) groups is 1. The van der Waals surface area contributed by atoms with Gasteiger partial charge < -0.3 is 15.7 Å². The van der Waals surface area contributed by atoms with Crippen LogP contribution in [0.5, 0.6) is 0 Å². The number of aryl methyl sites for hydroxylation is 1. The Morgan fingerprint density at radius 1 is 1.50 bits per heavy atom. The van der Waals surface area contributed by atoms with Crippen LogP contribution in [0, 0.1) is 6.92 Å². The number of aromatic nitrogens is 1. The molecule has 20 heavy (non-hydrogen) atoms. The van der Waals surface area contributed by atoms with E-state index in [9.17, 15) is 5.11 Å². The first-order chi connectivity index (χ1) is 9.61. The molecule has 0 amide bonds. The summed E-state index contributed by atoms with van der Waals surface area (Å²) in [6.07, 6.45) is 3.74. The minimum atomic E-state index is -0.561. The van der Waals surface area contributed by atoms with Crippen LogP contribution in [0.3, 0.4) is 0 Å². The second-order valence-electron chi connectivity index (χ2n) is 5.31. The fraction of sp³-hybridized carbons (Fsp3) is 0.714. The largest absolute Gasteiger partial charge is 0.388 e. The van der Waals surface area contributed by atoms with Crippen LogP contribution in [0.25, 0.3) is 0 Å². The summed E-state index contributed by atoms with van der Waals surface area (Å²) in [6, 6.07) is 0. The van der Waals surface area contributed by atoms with E-state index >= 15 is 0 Å². The maximum Gasteiger partial charge on any atom is 0.191 e. The average Bonchev–Trinajstić information content (AvgIpc) is 2.79. The predicted molar refractivity (Wildman–Crippen MR) is 83.3 cm³/mol. The number of rotatable bonds is 6. The van der Waals surface area contributed by atoms with Gasteiger partial charge in [-0.15, -0.1) is 11.3 Å². The third-order valence-corrected chi connectivity index (χ3v) is 4.32. The third-order valence-electron chi connectivity index (χ3n) is 3.50. The molecule has 1 aliphatic rings. The van der Waals surface area contributed by atoms with Crippen molar-refractivity contribution in [1.82, 2.24) is 15.6 Å². The van der Waals surface area contributed by atoms with E-state index in [1.54, 1.807) is 11.3 Å². The average molecular weight is 296 g/mol. The van der Waals surface area contributed by atoms with E-state index in [-0.39, 0.29) is 0 Å². The SMILES string of the molecule is CCNC(=NCC1(O)CCC1)NCCc1csc(C)n1. The van der Waals surface area contributed by atoms with Gasteiger partial charge in [0.2, 0.25) is 0 Å². The van der Waals surface area contributed by atoms with Crippen LogP contribution in [0.4, 0.5) is 0 Å². The lowest BCUT2D eigenvalue weighted by Crippen LogP contribution is -2.43. The quantitative estimate of drug-likeness (QED) is 0.549. The van der Waals surface area contributed by atoms with E-state index < -0.39 is 5.60 Å². The molecule has 5 nitrogen and oxygen atoms in total. The highest BCUT2D eigenvalue weighted by Crippen LogP contribution is 2.31. The fourth-order valence-electron chi connectivity index (χ4n) is 2.14. The van der Waals surface area contributed by atoms with Crippen molar-refractivity contribution in [2.24, 2.45) is 4.99 Å². The van der Waals surface area contributed by atoms with Gasteiger partial charge in [0.05, 0.1) is 22.8 Å². The molecule has 0 aromatic carbocycles. The summed E-state index contributed by atoms with van der Waals surface area (Å²) in [4.78, 5) is 8.91. The van der Waals surface area contributed by atoms with Gasteiger partial charge in [0, 0.05) is 24.9 Å². The van der Waals surface area contributed by atoms with Gasteiger partial charge in [0.1, 0.15) is 0 Å². The molecule has 1 heterocycles. The van der Waals surface area contributed by atoms with Crippen LogP contribution in [-0.4, -0.2) is 41.3 Å². The molecule has 1 saturated carbocycles. The van der Waals surface area contributed by atoms with Crippen molar-refractivity contribution in [2.75, 3.05) is 19.6 Å². The van der Waals surface area contributed by atoms with E-state index in [4.69, 9.17) is 0 Å². The Morgan fingerprint density at radius 3 is 2.85 bits per heavy atom. The molecular weight excluding hydrogens is 272 g/mol. The highest BCUT2D eigenvalue weighted by molar-refractivity contribution is 7.09. The van der Waals surface area contributed by atoms with E-state index in [0.29, 0.717) is 6.54 Å². The fourth-order valence-corrected chi connectivity index (χ4v) is 2.79. The summed E-state index contributed by atoms with van der Waals surface area (Å²) in [7, 11) is 0. The Labute approximate surface area is 124 Å². The lowest BCUT2D eigenvalue weighted by atomic mass is 9.80. The van der Waals surface area contributed by atoms with Crippen LogP contribution in [0.1, 0.15) is 36.9 Å². The van der Waals surface area contributed by atoms with Crippen molar-refractivity contribution >= 4 is 17.3 Å². The van der Waals surface area contributed by atoms with E-state index in [1.807, 2.05) is 13.8 Å². The monoisotopic (exact) mass is 296 g/mol. The molecule has 0 radical (unpaired) electrons. The van der Waals surface area contributed by atoms with Crippen LogP contribution in [0.15, 0.2) is 10.4 Å². The van der Waals surface area contributed by atoms with Gasteiger partial charge in [-0.3, -0.25) is 4.99 Å². The summed E-state index contributed by atoms with van der Waals surface area (Å²) in [5, 5.41) is 19.8. The first-order valence-corrected chi connectivity index (χ1v) is 8.15. The number of thiazole rings is 1. The summed E-state index contributed by atoms with van der Waals surface area (Å²) >= 11 is 1.68. The molecule has 1 aromatic heterocycles. The van der Waals surface area contributed by atoms with Gasteiger partial charge in [0.25, 0.3) is 0 Å². The summed E-state index contributed by atoms with van der Waals surface area (Å²) in [5.41, 5.74) is 0.558. The Kier molecular flexibility index (Phi) is 5.37. The normalized spacial score (nSPS) is 17.6. The molecule has 1 aromatic rings. The summed E-state index contributed by atoms with van der Waals surface area (Å²) in [5.74, 6) is 0.778. The highest BCUT2D eigenvalue weighted by Gasteiger charge is 2.34. The van der Waals surface area contributed by atoms with Crippen molar-refractivity contribution in [2.45, 2.75) is 45.1 Å². The molecule has 1 aliphatic carbocycles. The maximum atomic E-state index is 10.1. The summed E-state index contributed by atoms with van der Waals surface area (Å²) < 4.78 is 0. The molecule has 1 fully saturated rings. The van der Waals surface area contributed by atoms with Gasteiger partial charge in [-0.1, -0.05) is 0 Å². The number of guanidine groups is 1. The van der Waals surface area contributed by atoms with Crippen LogP contribution in [-0.2, 0) is 6.42 Å². The topological polar surface area (TPSA) is 69.5 Å². The van der Waals surface area contributed by atoms with Gasteiger partial charge in [0.15, 0.2) is 5.96 Å². The van der Waals surface area contributed by atoms with E-state index in [2.05, 4.69) is 26.0 Å². The second-order valence-corrected chi connectivity index (χ2v) is 6.37. The molecule has 112 valence electrons. The summed E-state index contributed by atoms with van der Waals surface area (Å²) in [6.45, 7) is 6.16. The van der Waals surface area contributed by atoms with Crippen molar-refractivity contribution in [3.05, 3.63) is 16.1 Å². The minimum Gasteiger partial charge on any atom is -0.388 e. The molecule has 0 bridgehead atoms. The van der Waals surface area contributed by atoms with Gasteiger partial charge in [-0.25, -0.2) is 4.98 Å². The number of nitrogens with one attached hydrogen (secondary N) is 2. The number of hydrogen-bond acceptors (Lipinski definition) is 4. The molecular formula is C14H24N4OS. The zero-order valence-electron chi connectivity index (χ0n) is 12.3. The number of aliphatic hydroxyl groups is 1. The molecule has 0 saturated heterocycles. The van der Waals surface area contributed by atoms with Crippen molar-refractivity contribution in [1.29, 1.82) is 0 Å². The van der Waals surface area contributed by atoms with Gasteiger partial charge >= 0.3 is 0 Å². The van der Waals surface area contributed by atoms with Gasteiger partial charge in [-0.2, -0.15) is 0 Å². The molecule has 6 heteroatoms. The first kappa shape index (κ1) is 15.3. The molecule has 0 aliphatic heterocycles. The van der Waals surface area contributed by atoms with Crippen LogP contribution < -0.4 is 10.6 Å². The molecule has 2 rings (SSSR count). The van der Waals surface area contributed by atoms with Crippen LogP contribution in [0.2, 0.25) is 0 Å².